The molecule has 0 aliphatic heterocycles. The monoisotopic (exact) mass is 408 g/mol. The van der Waals surface area contributed by atoms with E-state index in [2.05, 4.69) is 20.8 Å². The molecule has 0 aromatic heterocycles. The molecular formula is C24H40O5. The van der Waals surface area contributed by atoms with Gasteiger partial charge < -0.3 is 20.4 Å². The maximum Gasteiger partial charge on any atom is 0.303 e. The van der Waals surface area contributed by atoms with E-state index in [0.717, 1.165) is 38.5 Å². The molecule has 4 rings (SSSR count). The zero-order valence-electron chi connectivity index (χ0n) is 18.3. The first-order valence-corrected chi connectivity index (χ1v) is 11.9. The van der Waals surface area contributed by atoms with E-state index in [9.17, 15) is 20.1 Å². The Morgan fingerprint density at radius 3 is 2.38 bits per heavy atom. The first kappa shape index (κ1) is 21.6. The molecule has 4 aliphatic rings. The van der Waals surface area contributed by atoms with Crippen LogP contribution in [0.1, 0.15) is 78.6 Å². The van der Waals surface area contributed by atoms with Crippen LogP contribution in [0.15, 0.2) is 0 Å². The molecule has 0 radical (unpaired) electrons. The van der Waals surface area contributed by atoms with Gasteiger partial charge in [-0.05, 0) is 97.7 Å². The smallest absolute Gasteiger partial charge is 0.303 e. The van der Waals surface area contributed by atoms with Crippen LogP contribution in [0, 0.1) is 46.3 Å². The molecule has 4 saturated carbocycles. The summed E-state index contributed by atoms with van der Waals surface area (Å²) < 4.78 is 0. The molecule has 0 aromatic carbocycles. The van der Waals surface area contributed by atoms with Gasteiger partial charge in [-0.25, -0.2) is 0 Å². The summed E-state index contributed by atoms with van der Waals surface area (Å²) in [6.07, 6.45) is 5.94. The Morgan fingerprint density at radius 2 is 1.69 bits per heavy atom. The van der Waals surface area contributed by atoms with Gasteiger partial charge in [-0.3, -0.25) is 4.79 Å². The van der Waals surface area contributed by atoms with Crippen molar-refractivity contribution in [1.82, 2.24) is 0 Å². The van der Waals surface area contributed by atoms with Crippen LogP contribution in [0.4, 0.5) is 0 Å². The first-order valence-electron chi connectivity index (χ1n) is 11.9. The fourth-order valence-corrected chi connectivity index (χ4v) is 8.79. The zero-order valence-corrected chi connectivity index (χ0v) is 18.3. The highest BCUT2D eigenvalue weighted by Crippen LogP contribution is 2.68. The SMILES string of the molecule is C[C@H](CCC(=O)O)[C@H]1CC[C@H]2[C@@H]3CC[C@@H]4[C@@H](O)[C@H](O)CC[C@]4(C)[C@H]3C[C@H](O)[C@]12C. The molecule has 4 aliphatic carbocycles. The molecule has 0 bridgehead atoms. The molecule has 0 heterocycles. The maximum atomic E-state index is 11.5. The summed E-state index contributed by atoms with van der Waals surface area (Å²) >= 11 is 0. The van der Waals surface area contributed by atoms with Gasteiger partial charge in [-0.15, -0.1) is 0 Å². The molecule has 166 valence electrons. The van der Waals surface area contributed by atoms with E-state index >= 15 is 0 Å². The van der Waals surface area contributed by atoms with Gasteiger partial charge in [0.1, 0.15) is 0 Å². The Morgan fingerprint density at radius 1 is 1.00 bits per heavy atom. The van der Waals surface area contributed by atoms with Gasteiger partial charge in [0.15, 0.2) is 0 Å². The Balaban J connectivity index is 1.58. The third-order valence-electron chi connectivity index (χ3n) is 10.4. The van der Waals surface area contributed by atoms with Gasteiger partial charge in [0.05, 0.1) is 18.3 Å². The highest BCUT2D eigenvalue weighted by molar-refractivity contribution is 5.66. The Bertz CT molecular complexity index is 637. The molecule has 0 spiro atoms. The van der Waals surface area contributed by atoms with Gasteiger partial charge in [0, 0.05) is 6.42 Å². The summed E-state index contributed by atoms with van der Waals surface area (Å²) in [5.41, 5.74) is -0.133. The van der Waals surface area contributed by atoms with E-state index in [1.54, 1.807) is 0 Å². The van der Waals surface area contributed by atoms with Crippen molar-refractivity contribution < 1.29 is 25.2 Å². The van der Waals surface area contributed by atoms with Crippen LogP contribution < -0.4 is 0 Å². The Hall–Kier alpha value is -0.650. The fourth-order valence-electron chi connectivity index (χ4n) is 8.79. The first-order chi connectivity index (χ1) is 13.6. The molecule has 0 amide bonds. The van der Waals surface area contributed by atoms with Gasteiger partial charge in [0.2, 0.25) is 0 Å². The minimum atomic E-state index is -0.731. The predicted octanol–water partition coefficient (Wildman–Crippen LogP) is 3.45. The fraction of sp³-hybridized carbons (Fsp3) is 0.958. The number of carboxylic acid groups (broad SMARTS) is 1. The molecular weight excluding hydrogens is 368 g/mol. The van der Waals surface area contributed by atoms with Crippen LogP contribution in [-0.2, 0) is 4.79 Å². The van der Waals surface area contributed by atoms with Crippen LogP contribution in [0.2, 0.25) is 0 Å². The number of hydrogen-bond acceptors (Lipinski definition) is 4. The Labute approximate surface area is 174 Å². The lowest BCUT2D eigenvalue weighted by Crippen LogP contribution is -2.61. The lowest BCUT2D eigenvalue weighted by atomic mass is 9.43. The van der Waals surface area contributed by atoms with E-state index in [1.165, 1.54) is 0 Å². The molecule has 0 unspecified atom stereocenters. The standard InChI is InChI=1S/C24H40O5/c1-13(4-9-21(27)28)15-7-8-16-14-5-6-17-22(29)19(25)10-11-23(17,2)18(14)12-20(26)24(15,16)3/h13-20,22,25-26,29H,4-12H2,1-3H3,(H,27,28)/t13-,14+,15-,16+,17-,18+,19-,20+,22-,23+,24-/m1/s1. The highest BCUT2D eigenvalue weighted by atomic mass is 16.4. The lowest BCUT2D eigenvalue weighted by molar-refractivity contribution is -0.200. The summed E-state index contributed by atoms with van der Waals surface area (Å²) in [5.74, 6) is 1.56. The van der Waals surface area contributed by atoms with Crippen molar-refractivity contribution in [1.29, 1.82) is 0 Å². The van der Waals surface area contributed by atoms with Crippen molar-refractivity contribution in [2.24, 2.45) is 46.3 Å². The molecule has 4 N–H and O–H groups in total. The predicted molar refractivity (Wildman–Crippen MR) is 110 cm³/mol. The number of aliphatic hydroxyl groups is 3. The average molecular weight is 409 g/mol. The quantitative estimate of drug-likeness (QED) is 0.571. The van der Waals surface area contributed by atoms with Crippen molar-refractivity contribution in [2.45, 2.75) is 96.9 Å². The van der Waals surface area contributed by atoms with Crippen molar-refractivity contribution >= 4 is 5.97 Å². The molecule has 29 heavy (non-hydrogen) atoms. The second-order valence-electron chi connectivity index (χ2n) is 11.4. The third-order valence-corrected chi connectivity index (χ3v) is 10.4. The van der Waals surface area contributed by atoms with Crippen molar-refractivity contribution in [3.8, 4) is 0 Å². The normalized spacial score (nSPS) is 52.9. The second-order valence-corrected chi connectivity index (χ2v) is 11.4. The summed E-state index contributed by atoms with van der Waals surface area (Å²) in [4.78, 5) is 11.1. The van der Waals surface area contributed by atoms with Crippen LogP contribution in [0.3, 0.4) is 0 Å². The van der Waals surface area contributed by atoms with Crippen LogP contribution >= 0.6 is 0 Å². The van der Waals surface area contributed by atoms with E-state index in [4.69, 9.17) is 5.11 Å². The van der Waals surface area contributed by atoms with Gasteiger partial charge in [-0.2, -0.15) is 0 Å². The van der Waals surface area contributed by atoms with Crippen molar-refractivity contribution in [3.05, 3.63) is 0 Å². The van der Waals surface area contributed by atoms with Crippen LogP contribution in [-0.4, -0.2) is 44.7 Å². The second kappa shape index (κ2) is 7.49. The van der Waals surface area contributed by atoms with Crippen molar-refractivity contribution in [3.63, 3.8) is 0 Å². The summed E-state index contributed by atoms with van der Waals surface area (Å²) in [7, 11) is 0. The van der Waals surface area contributed by atoms with E-state index in [0.29, 0.717) is 42.4 Å². The lowest BCUT2D eigenvalue weighted by Gasteiger charge is -2.63. The molecule has 0 aromatic rings. The summed E-state index contributed by atoms with van der Waals surface area (Å²) in [5, 5.41) is 41.5. The maximum absolute atomic E-state index is 11.5. The van der Waals surface area contributed by atoms with Gasteiger partial charge in [0.25, 0.3) is 0 Å². The summed E-state index contributed by atoms with van der Waals surface area (Å²) in [6.45, 7) is 6.76. The molecule has 5 heteroatoms. The zero-order chi connectivity index (χ0) is 21.1. The molecule has 0 saturated heterocycles. The summed E-state index contributed by atoms with van der Waals surface area (Å²) in [6, 6.07) is 0. The largest absolute Gasteiger partial charge is 0.481 e. The van der Waals surface area contributed by atoms with Crippen LogP contribution in [0.25, 0.3) is 0 Å². The number of hydrogen-bond donors (Lipinski definition) is 4. The van der Waals surface area contributed by atoms with Crippen LogP contribution in [0.5, 0.6) is 0 Å². The van der Waals surface area contributed by atoms with Gasteiger partial charge >= 0.3 is 5.97 Å². The van der Waals surface area contributed by atoms with E-state index in [1.807, 2.05) is 0 Å². The van der Waals surface area contributed by atoms with Gasteiger partial charge in [-0.1, -0.05) is 20.8 Å². The minimum Gasteiger partial charge on any atom is -0.481 e. The van der Waals surface area contributed by atoms with E-state index < -0.39 is 18.2 Å². The number of fused-ring (bicyclic) bond motifs is 5. The minimum absolute atomic E-state index is 0.00309. The number of carbonyl (C=O) groups is 1. The number of aliphatic carboxylic acids is 1. The number of rotatable bonds is 4. The third kappa shape index (κ3) is 3.18. The van der Waals surface area contributed by atoms with E-state index in [-0.39, 0.29) is 29.3 Å². The number of aliphatic hydroxyl groups excluding tert-OH is 3. The van der Waals surface area contributed by atoms with Crippen molar-refractivity contribution in [2.75, 3.05) is 0 Å². The topological polar surface area (TPSA) is 98.0 Å². The number of carboxylic acids is 1. The molecule has 11 atom stereocenters. The highest BCUT2D eigenvalue weighted by Gasteiger charge is 2.64. The molecule has 4 fully saturated rings. The average Bonchev–Trinajstić information content (AvgIpc) is 3.03. The Kier molecular flexibility index (Phi) is 5.57. The molecule has 5 nitrogen and oxygen atoms in total.